The fraction of sp³-hybridized carbons (Fsp3) is 0.647. The van der Waals surface area contributed by atoms with Gasteiger partial charge in [0.25, 0.3) is 0 Å². The lowest BCUT2D eigenvalue weighted by atomic mass is 10.2. The molecular formula is C17H30O3Si. The van der Waals surface area contributed by atoms with E-state index in [2.05, 4.69) is 33.9 Å². The van der Waals surface area contributed by atoms with E-state index in [-0.39, 0.29) is 11.3 Å². The van der Waals surface area contributed by atoms with Gasteiger partial charge in [-0.2, -0.15) is 0 Å². The fourth-order valence-corrected chi connectivity index (χ4v) is 2.72. The fourth-order valence-electron chi connectivity index (χ4n) is 1.68. The molecule has 0 saturated heterocycles. The van der Waals surface area contributed by atoms with Gasteiger partial charge in [0.05, 0.1) is 0 Å². The van der Waals surface area contributed by atoms with Crippen molar-refractivity contribution in [3.05, 3.63) is 29.8 Å². The maximum absolute atomic E-state index is 6.28. The smallest absolute Gasteiger partial charge is 0.250 e. The summed E-state index contributed by atoms with van der Waals surface area (Å²) in [7, 11) is -1.78. The second-order valence-electron chi connectivity index (χ2n) is 6.67. The Morgan fingerprint density at radius 3 is 1.81 bits per heavy atom. The quantitative estimate of drug-likeness (QED) is 0.515. The molecule has 0 unspecified atom stereocenters. The minimum atomic E-state index is -1.78. The molecule has 0 radical (unpaired) electrons. The van der Waals surface area contributed by atoms with Crippen LogP contribution in [0.2, 0.25) is 18.1 Å². The van der Waals surface area contributed by atoms with Gasteiger partial charge in [0.15, 0.2) is 6.29 Å². The Bertz CT molecular complexity index is 415. The van der Waals surface area contributed by atoms with Crippen LogP contribution < -0.4 is 4.43 Å². The van der Waals surface area contributed by atoms with Gasteiger partial charge in [-0.3, -0.25) is 0 Å². The van der Waals surface area contributed by atoms with Crippen molar-refractivity contribution in [1.29, 1.82) is 0 Å². The van der Waals surface area contributed by atoms with Crippen molar-refractivity contribution >= 4 is 8.32 Å². The van der Waals surface area contributed by atoms with E-state index in [0.29, 0.717) is 13.2 Å². The van der Waals surface area contributed by atoms with Crippen LogP contribution in [0.4, 0.5) is 0 Å². The molecule has 21 heavy (non-hydrogen) atoms. The Labute approximate surface area is 130 Å². The van der Waals surface area contributed by atoms with E-state index >= 15 is 0 Å². The lowest BCUT2D eigenvalue weighted by Crippen LogP contribution is -2.43. The Balaban J connectivity index is 2.82. The zero-order valence-corrected chi connectivity index (χ0v) is 15.5. The van der Waals surface area contributed by atoms with Crippen LogP contribution in [0.1, 0.15) is 46.5 Å². The van der Waals surface area contributed by atoms with Gasteiger partial charge in [-0.15, -0.1) is 0 Å². The van der Waals surface area contributed by atoms with Crippen LogP contribution in [-0.2, 0) is 9.47 Å². The highest BCUT2D eigenvalue weighted by Crippen LogP contribution is 2.37. The molecule has 1 aromatic carbocycles. The zero-order valence-electron chi connectivity index (χ0n) is 14.5. The SMILES string of the molecule is CCOC(OCC)c1ccc(O[Si](C)(C)C(C)(C)C)cc1. The van der Waals surface area contributed by atoms with Crippen molar-refractivity contribution in [3.8, 4) is 5.75 Å². The maximum atomic E-state index is 6.28. The van der Waals surface area contributed by atoms with Crippen LogP contribution in [0, 0.1) is 0 Å². The largest absolute Gasteiger partial charge is 0.544 e. The summed E-state index contributed by atoms with van der Waals surface area (Å²) >= 11 is 0. The summed E-state index contributed by atoms with van der Waals surface area (Å²) in [5.41, 5.74) is 1.03. The summed E-state index contributed by atoms with van der Waals surface area (Å²) in [5.74, 6) is 0.928. The third kappa shape index (κ3) is 5.13. The predicted molar refractivity (Wildman–Crippen MR) is 90.3 cm³/mol. The molecule has 0 N–H and O–H groups in total. The molecule has 3 nitrogen and oxygen atoms in total. The molecule has 1 aromatic rings. The van der Waals surface area contributed by atoms with Crippen LogP contribution in [0.5, 0.6) is 5.75 Å². The summed E-state index contributed by atoms with van der Waals surface area (Å²) in [4.78, 5) is 0. The molecule has 0 heterocycles. The molecule has 0 fully saturated rings. The van der Waals surface area contributed by atoms with E-state index in [0.717, 1.165) is 11.3 Å². The number of hydrogen-bond acceptors (Lipinski definition) is 3. The molecule has 0 bridgehead atoms. The van der Waals surface area contributed by atoms with Crippen LogP contribution in [-0.4, -0.2) is 21.5 Å². The van der Waals surface area contributed by atoms with E-state index in [1.54, 1.807) is 0 Å². The Hall–Kier alpha value is -0.843. The minimum Gasteiger partial charge on any atom is -0.544 e. The molecule has 4 heteroatoms. The lowest BCUT2D eigenvalue weighted by Gasteiger charge is -2.36. The molecule has 0 spiro atoms. The standard InChI is InChI=1S/C17H30O3Si/c1-8-18-16(19-9-2)14-10-12-15(13-11-14)20-21(6,7)17(3,4)5/h10-13,16H,8-9H2,1-7H3. The van der Waals surface area contributed by atoms with E-state index in [1.807, 2.05) is 38.1 Å². The molecule has 1 rings (SSSR count). The van der Waals surface area contributed by atoms with E-state index in [9.17, 15) is 0 Å². The zero-order chi connectivity index (χ0) is 16.1. The highest BCUT2D eigenvalue weighted by molar-refractivity contribution is 6.74. The second-order valence-corrected chi connectivity index (χ2v) is 11.4. The van der Waals surface area contributed by atoms with E-state index in [1.165, 1.54) is 0 Å². The first kappa shape index (κ1) is 18.2. The Kier molecular flexibility index (Phi) is 6.44. The molecule has 0 atom stereocenters. The van der Waals surface area contributed by atoms with Gasteiger partial charge in [-0.05, 0) is 44.1 Å². The molecule has 0 aromatic heterocycles. The third-order valence-corrected chi connectivity index (χ3v) is 8.33. The van der Waals surface area contributed by atoms with Crippen molar-refractivity contribution in [3.63, 3.8) is 0 Å². The first-order valence-corrected chi connectivity index (χ1v) is 10.6. The van der Waals surface area contributed by atoms with Gasteiger partial charge in [0.1, 0.15) is 5.75 Å². The monoisotopic (exact) mass is 310 g/mol. The number of hydrogen-bond donors (Lipinski definition) is 0. The predicted octanol–water partition coefficient (Wildman–Crippen LogP) is 5.14. The van der Waals surface area contributed by atoms with E-state index in [4.69, 9.17) is 13.9 Å². The highest BCUT2D eigenvalue weighted by atomic mass is 28.4. The van der Waals surface area contributed by atoms with Gasteiger partial charge in [-0.25, -0.2) is 0 Å². The highest BCUT2D eigenvalue weighted by Gasteiger charge is 2.38. The average Bonchev–Trinajstić information content (AvgIpc) is 2.38. The summed E-state index contributed by atoms with van der Waals surface area (Å²) in [6.07, 6.45) is -0.290. The number of ether oxygens (including phenoxy) is 2. The van der Waals surface area contributed by atoms with E-state index < -0.39 is 8.32 Å². The van der Waals surface area contributed by atoms with Gasteiger partial charge >= 0.3 is 0 Å². The lowest BCUT2D eigenvalue weighted by molar-refractivity contribution is -0.140. The average molecular weight is 311 g/mol. The van der Waals surface area contributed by atoms with Gasteiger partial charge in [-0.1, -0.05) is 32.9 Å². The normalized spacial score (nSPS) is 12.8. The molecule has 0 aliphatic rings. The van der Waals surface area contributed by atoms with Crippen molar-refractivity contribution in [2.24, 2.45) is 0 Å². The van der Waals surface area contributed by atoms with Gasteiger partial charge in [0.2, 0.25) is 8.32 Å². The third-order valence-electron chi connectivity index (χ3n) is 3.97. The van der Waals surface area contributed by atoms with Gasteiger partial charge < -0.3 is 13.9 Å². The summed E-state index contributed by atoms with van der Waals surface area (Å²) in [5, 5.41) is 0.199. The molecule has 120 valence electrons. The number of benzene rings is 1. The molecule has 0 saturated carbocycles. The van der Waals surface area contributed by atoms with Crippen LogP contribution >= 0.6 is 0 Å². The minimum absolute atomic E-state index is 0.199. The Morgan fingerprint density at radius 1 is 0.952 bits per heavy atom. The first-order valence-electron chi connectivity index (χ1n) is 7.73. The molecular weight excluding hydrogens is 280 g/mol. The molecule has 0 amide bonds. The molecule has 0 aliphatic heterocycles. The molecule has 0 aliphatic carbocycles. The summed E-state index contributed by atoms with van der Waals surface area (Å²) in [6.45, 7) is 16.4. The van der Waals surface area contributed by atoms with Crippen molar-refractivity contribution < 1.29 is 13.9 Å². The van der Waals surface area contributed by atoms with Crippen LogP contribution in [0.15, 0.2) is 24.3 Å². The van der Waals surface area contributed by atoms with Gasteiger partial charge in [0, 0.05) is 18.8 Å². The topological polar surface area (TPSA) is 27.7 Å². The summed E-state index contributed by atoms with van der Waals surface area (Å²) < 4.78 is 17.5. The maximum Gasteiger partial charge on any atom is 0.250 e. The van der Waals surface area contributed by atoms with Crippen molar-refractivity contribution in [2.45, 2.75) is 59.0 Å². The number of rotatable bonds is 7. The van der Waals surface area contributed by atoms with Crippen molar-refractivity contribution in [1.82, 2.24) is 0 Å². The second kappa shape index (κ2) is 7.43. The van der Waals surface area contributed by atoms with Crippen LogP contribution in [0.25, 0.3) is 0 Å². The van der Waals surface area contributed by atoms with Crippen LogP contribution in [0.3, 0.4) is 0 Å². The van der Waals surface area contributed by atoms with Crippen molar-refractivity contribution in [2.75, 3.05) is 13.2 Å². The Morgan fingerprint density at radius 2 is 1.43 bits per heavy atom. The summed E-state index contributed by atoms with van der Waals surface area (Å²) in [6, 6.07) is 8.08. The first-order chi connectivity index (χ1) is 9.71.